The van der Waals surface area contributed by atoms with E-state index in [4.69, 9.17) is 9.47 Å². The van der Waals surface area contributed by atoms with Crippen LogP contribution in [0.15, 0.2) is 42.5 Å². The minimum atomic E-state index is -0.910. The molecule has 2 aromatic carbocycles. The highest BCUT2D eigenvalue weighted by atomic mass is 19.1. The van der Waals surface area contributed by atoms with Gasteiger partial charge in [-0.3, -0.25) is 14.4 Å². The molecule has 0 bridgehead atoms. The fourth-order valence-corrected chi connectivity index (χ4v) is 4.02. The summed E-state index contributed by atoms with van der Waals surface area (Å²) in [6.45, 7) is 6.10. The molecule has 8 heteroatoms. The Kier molecular flexibility index (Phi) is 7.59. The molecule has 0 N–H and O–H groups in total. The van der Waals surface area contributed by atoms with Crippen LogP contribution in [0.5, 0.6) is 11.5 Å². The molecule has 1 aliphatic rings. The van der Waals surface area contributed by atoms with E-state index in [1.54, 1.807) is 20.3 Å². The van der Waals surface area contributed by atoms with Crippen LogP contribution in [0.3, 0.4) is 0 Å². The topological polar surface area (TPSA) is 76.2 Å². The van der Waals surface area contributed by atoms with Crippen LogP contribution in [-0.4, -0.2) is 49.4 Å². The number of carbonyl (C=O) groups excluding carboxylic acids is 3. The van der Waals surface area contributed by atoms with Crippen LogP contribution in [0.2, 0.25) is 0 Å². The van der Waals surface area contributed by atoms with Crippen molar-refractivity contribution in [2.24, 2.45) is 5.41 Å². The van der Waals surface area contributed by atoms with E-state index in [2.05, 4.69) is 0 Å². The maximum Gasteiger partial charge on any atom is 0.257 e. The third-order valence-electron chi connectivity index (χ3n) is 5.68. The molecule has 3 amide bonds. The van der Waals surface area contributed by atoms with Crippen LogP contribution in [0.25, 0.3) is 0 Å². The monoisotopic (exact) mass is 470 g/mol. The molecule has 0 aromatic heterocycles. The van der Waals surface area contributed by atoms with Crippen LogP contribution in [0.4, 0.5) is 10.1 Å². The van der Waals surface area contributed by atoms with Gasteiger partial charge in [0.15, 0.2) is 11.5 Å². The molecule has 0 radical (unpaired) electrons. The zero-order valence-corrected chi connectivity index (χ0v) is 20.3. The Hall–Kier alpha value is -3.42. The highest BCUT2D eigenvalue weighted by Crippen LogP contribution is 2.30. The predicted octanol–water partition coefficient (Wildman–Crippen LogP) is 3.98. The van der Waals surface area contributed by atoms with E-state index in [-0.39, 0.29) is 30.7 Å². The van der Waals surface area contributed by atoms with E-state index >= 15 is 0 Å². The normalized spacial score (nSPS) is 16.1. The average molecular weight is 471 g/mol. The molecule has 34 heavy (non-hydrogen) atoms. The highest BCUT2D eigenvalue weighted by Gasteiger charge is 2.44. The Morgan fingerprint density at radius 2 is 1.71 bits per heavy atom. The van der Waals surface area contributed by atoms with E-state index in [1.807, 2.05) is 32.9 Å². The standard InChI is InChI=1S/C26H31FN2O5/c1-26(2,3)16-24(31)28(13-12-17-6-11-21(33-4)22(14-17)34-5)20-15-23(30)29(25(20)32)19-9-7-18(27)8-10-19/h6-11,14,20H,12-13,15-16H2,1-5H3. The summed E-state index contributed by atoms with van der Waals surface area (Å²) in [6, 6.07) is 9.75. The minimum Gasteiger partial charge on any atom is -0.493 e. The van der Waals surface area contributed by atoms with E-state index in [1.165, 1.54) is 29.2 Å². The zero-order chi connectivity index (χ0) is 25.0. The molecule has 3 rings (SSSR count). The molecule has 182 valence electrons. The number of nitrogens with zero attached hydrogens (tertiary/aromatic N) is 2. The maximum absolute atomic E-state index is 13.3. The Morgan fingerprint density at radius 1 is 1.06 bits per heavy atom. The first kappa shape index (κ1) is 25.2. The zero-order valence-electron chi connectivity index (χ0n) is 20.3. The van der Waals surface area contributed by atoms with Gasteiger partial charge in [-0.1, -0.05) is 26.8 Å². The fraction of sp³-hybridized carbons (Fsp3) is 0.423. The number of methoxy groups -OCH3 is 2. The fourth-order valence-electron chi connectivity index (χ4n) is 4.02. The van der Waals surface area contributed by atoms with Crippen molar-refractivity contribution in [1.82, 2.24) is 4.90 Å². The summed E-state index contributed by atoms with van der Waals surface area (Å²) in [7, 11) is 3.10. The molecule has 1 unspecified atom stereocenters. The summed E-state index contributed by atoms with van der Waals surface area (Å²) < 4.78 is 24.0. The second kappa shape index (κ2) is 10.2. The largest absolute Gasteiger partial charge is 0.493 e. The SMILES string of the molecule is COc1ccc(CCN(C(=O)CC(C)(C)C)C2CC(=O)N(c3ccc(F)cc3)C2=O)cc1OC. The van der Waals surface area contributed by atoms with Gasteiger partial charge in [0.1, 0.15) is 11.9 Å². The van der Waals surface area contributed by atoms with Gasteiger partial charge >= 0.3 is 0 Å². The van der Waals surface area contributed by atoms with Crippen LogP contribution in [0.1, 0.15) is 39.2 Å². The third kappa shape index (κ3) is 5.73. The van der Waals surface area contributed by atoms with Gasteiger partial charge in [-0.15, -0.1) is 0 Å². The summed E-state index contributed by atoms with van der Waals surface area (Å²) in [6.07, 6.45) is 0.580. The van der Waals surface area contributed by atoms with Crippen LogP contribution >= 0.6 is 0 Å². The van der Waals surface area contributed by atoms with Crippen molar-refractivity contribution >= 4 is 23.4 Å². The maximum atomic E-state index is 13.3. The summed E-state index contributed by atoms with van der Waals surface area (Å²) >= 11 is 0. The van der Waals surface area contributed by atoms with Gasteiger partial charge in [0.25, 0.3) is 5.91 Å². The van der Waals surface area contributed by atoms with Crippen molar-refractivity contribution in [3.05, 3.63) is 53.8 Å². The lowest BCUT2D eigenvalue weighted by Gasteiger charge is -2.30. The lowest BCUT2D eigenvalue weighted by molar-refractivity contribution is -0.139. The summed E-state index contributed by atoms with van der Waals surface area (Å²) in [4.78, 5) is 41.9. The Balaban J connectivity index is 1.86. The number of halogens is 1. The van der Waals surface area contributed by atoms with Crippen molar-refractivity contribution in [2.75, 3.05) is 25.7 Å². The van der Waals surface area contributed by atoms with E-state index < -0.39 is 23.7 Å². The van der Waals surface area contributed by atoms with Gasteiger partial charge in [0.05, 0.1) is 26.3 Å². The lowest BCUT2D eigenvalue weighted by atomic mass is 9.91. The van der Waals surface area contributed by atoms with Gasteiger partial charge in [-0.05, 0) is 53.8 Å². The molecular formula is C26H31FN2O5. The molecule has 0 aliphatic carbocycles. The molecule has 1 atom stereocenters. The van der Waals surface area contributed by atoms with Gasteiger partial charge in [-0.2, -0.15) is 0 Å². The molecule has 0 saturated carbocycles. The van der Waals surface area contributed by atoms with E-state index in [0.717, 1.165) is 10.5 Å². The molecule has 7 nitrogen and oxygen atoms in total. The highest BCUT2D eigenvalue weighted by molar-refractivity contribution is 6.23. The molecular weight excluding hydrogens is 439 g/mol. The first-order valence-corrected chi connectivity index (χ1v) is 11.2. The second-order valence-corrected chi connectivity index (χ2v) is 9.53. The summed E-state index contributed by atoms with van der Waals surface area (Å²) in [5.74, 6) is -0.385. The Morgan fingerprint density at radius 3 is 2.29 bits per heavy atom. The summed E-state index contributed by atoms with van der Waals surface area (Å²) in [5.41, 5.74) is 0.904. The first-order valence-electron chi connectivity index (χ1n) is 11.2. The number of hydrogen-bond donors (Lipinski definition) is 0. The minimum absolute atomic E-state index is 0.113. The number of hydrogen-bond acceptors (Lipinski definition) is 5. The van der Waals surface area contributed by atoms with Crippen molar-refractivity contribution in [3.63, 3.8) is 0 Å². The second-order valence-electron chi connectivity index (χ2n) is 9.53. The van der Waals surface area contributed by atoms with Crippen molar-refractivity contribution < 1.29 is 28.2 Å². The quantitative estimate of drug-likeness (QED) is 0.546. The Bertz CT molecular complexity index is 1060. The van der Waals surface area contributed by atoms with Crippen LogP contribution < -0.4 is 14.4 Å². The van der Waals surface area contributed by atoms with Gasteiger partial charge in [-0.25, -0.2) is 9.29 Å². The number of amides is 3. The van der Waals surface area contributed by atoms with Crippen molar-refractivity contribution in [2.45, 2.75) is 46.1 Å². The molecule has 1 aliphatic heterocycles. The van der Waals surface area contributed by atoms with Gasteiger partial charge in [0.2, 0.25) is 11.8 Å². The number of rotatable bonds is 8. The first-order chi connectivity index (χ1) is 16.0. The molecule has 2 aromatic rings. The smallest absolute Gasteiger partial charge is 0.257 e. The molecule has 1 saturated heterocycles. The Labute approximate surface area is 199 Å². The average Bonchev–Trinajstić information content (AvgIpc) is 3.07. The van der Waals surface area contributed by atoms with E-state index in [9.17, 15) is 18.8 Å². The number of ether oxygens (including phenoxy) is 2. The van der Waals surface area contributed by atoms with Gasteiger partial charge < -0.3 is 14.4 Å². The number of carbonyl (C=O) groups is 3. The number of benzene rings is 2. The number of anilines is 1. The van der Waals surface area contributed by atoms with Gasteiger partial charge in [0, 0.05) is 13.0 Å². The van der Waals surface area contributed by atoms with Crippen molar-refractivity contribution in [3.8, 4) is 11.5 Å². The lowest BCUT2D eigenvalue weighted by Crippen LogP contribution is -2.47. The van der Waals surface area contributed by atoms with Crippen molar-refractivity contribution in [1.29, 1.82) is 0 Å². The van der Waals surface area contributed by atoms with Crippen LogP contribution in [0, 0.1) is 11.2 Å². The molecule has 1 heterocycles. The third-order valence-corrected chi connectivity index (χ3v) is 5.68. The van der Waals surface area contributed by atoms with Crippen LogP contribution in [-0.2, 0) is 20.8 Å². The van der Waals surface area contributed by atoms with E-state index in [0.29, 0.717) is 23.6 Å². The predicted molar refractivity (Wildman–Crippen MR) is 126 cm³/mol. The molecule has 1 fully saturated rings. The number of imide groups is 1. The summed E-state index contributed by atoms with van der Waals surface area (Å²) in [5, 5.41) is 0. The molecule has 0 spiro atoms.